The molecule has 5 rings (SSSR count). The Morgan fingerprint density at radius 2 is 1.42 bits per heavy atom. The quantitative estimate of drug-likeness (QED) is 0.275. The summed E-state index contributed by atoms with van der Waals surface area (Å²) < 4.78 is 7.88. The van der Waals surface area contributed by atoms with Crippen LogP contribution in [0.3, 0.4) is 0 Å². The van der Waals surface area contributed by atoms with E-state index in [0.29, 0.717) is 11.6 Å². The van der Waals surface area contributed by atoms with Crippen molar-refractivity contribution in [2.75, 3.05) is 6.61 Å². The molecule has 2 heterocycles. The van der Waals surface area contributed by atoms with Gasteiger partial charge in [-0.05, 0) is 40.1 Å². The molecule has 0 saturated carbocycles. The van der Waals surface area contributed by atoms with Crippen molar-refractivity contribution in [2.45, 2.75) is 0 Å². The van der Waals surface area contributed by atoms with Crippen molar-refractivity contribution in [1.82, 2.24) is 0 Å². The lowest BCUT2D eigenvalue weighted by atomic mass is 10.0. The van der Waals surface area contributed by atoms with E-state index in [-0.39, 0.29) is 12.3 Å². The Hall–Kier alpha value is -4.32. The summed E-state index contributed by atoms with van der Waals surface area (Å²) in [6.07, 6.45) is 0. The van der Waals surface area contributed by atoms with E-state index < -0.39 is 4.92 Å². The Kier molecular flexibility index (Phi) is 4.72. The lowest BCUT2D eigenvalue weighted by Crippen LogP contribution is -2.40. The predicted octanol–water partition coefficient (Wildman–Crippen LogP) is 4.86. The summed E-state index contributed by atoms with van der Waals surface area (Å²) in [5, 5.41) is 15.8. The molecule has 0 aliphatic carbocycles. The monoisotopic (exact) mass is 408 g/mol. The second-order valence-corrected chi connectivity index (χ2v) is 7.15. The third kappa shape index (κ3) is 3.67. The number of pyridine rings is 1. The number of rotatable bonds is 4. The third-order valence-electron chi connectivity index (χ3n) is 5.17. The van der Waals surface area contributed by atoms with Crippen LogP contribution in [-0.2, 0) is 0 Å². The highest BCUT2D eigenvalue weighted by Gasteiger charge is 2.28. The van der Waals surface area contributed by atoms with Crippen LogP contribution in [0.4, 0.5) is 5.69 Å². The molecule has 0 amide bonds. The van der Waals surface area contributed by atoms with Crippen molar-refractivity contribution in [3.8, 4) is 28.3 Å². The summed E-state index contributed by atoms with van der Waals surface area (Å²) >= 11 is 0. The Bertz CT molecular complexity index is 1290. The first-order valence-corrected chi connectivity index (χ1v) is 9.85. The predicted molar refractivity (Wildman–Crippen MR) is 118 cm³/mol. The minimum atomic E-state index is -0.411. The van der Waals surface area contributed by atoms with Crippen LogP contribution in [0.25, 0.3) is 22.4 Å². The molecule has 3 aromatic carbocycles. The maximum absolute atomic E-state index is 10.9. The van der Waals surface area contributed by atoms with Crippen molar-refractivity contribution < 1.29 is 14.3 Å². The molecular formula is C25H18N3O3+. The van der Waals surface area contributed by atoms with Gasteiger partial charge in [0.1, 0.15) is 6.61 Å². The highest BCUT2D eigenvalue weighted by atomic mass is 16.6. The van der Waals surface area contributed by atoms with Crippen molar-refractivity contribution in [3.05, 3.63) is 113 Å². The number of benzene rings is 3. The number of fused-ring (bicyclic) bond motifs is 1. The number of nitro benzene ring substituents is 1. The van der Waals surface area contributed by atoms with Crippen LogP contribution in [0.15, 0.2) is 102 Å². The van der Waals surface area contributed by atoms with Crippen molar-refractivity contribution >= 4 is 11.4 Å². The van der Waals surface area contributed by atoms with E-state index in [1.54, 1.807) is 16.8 Å². The molecule has 0 fully saturated rings. The molecule has 6 heteroatoms. The van der Waals surface area contributed by atoms with Gasteiger partial charge in [0, 0.05) is 34.4 Å². The van der Waals surface area contributed by atoms with Crippen LogP contribution in [0, 0.1) is 10.1 Å². The zero-order valence-corrected chi connectivity index (χ0v) is 16.5. The van der Waals surface area contributed by atoms with E-state index in [4.69, 9.17) is 9.84 Å². The number of ether oxygens (including phenoxy) is 1. The zero-order chi connectivity index (χ0) is 21.2. The zero-order valence-electron chi connectivity index (χ0n) is 16.5. The SMILES string of the molecule is O=[N+]([O-])c1ccc(C2=N[n+]3c(cc(-c4ccccc4)cc3-c3ccccc3)OC2)cc1. The normalized spacial score (nSPS) is 12.5. The topological polar surface area (TPSA) is 68.6 Å². The van der Waals surface area contributed by atoms with Gasteiger partial charge < -0.3 is 4.74 Å². The van der Waals surface area contributed by atoms with Gasteiger partial charge in [-0.1, -0.05) is 48.5 Å². The van der Waals surface area contributed by atoms with Crippen molar-refractivity contribution in [3.63, 3.8) is 0 Å². The fourth-order valence-corrected chi connectivity index (χ4v) is 3.59. The fourth-order valence-electron chi connectivity index (χ4n) is 3.59. The summed E-state index contributed by atoms with van der Waals surface area (Å²) in [4.78, 5) is 10.5. The average Bonchev–Trinajstić information content (AvgIpc) is 2.84. The highest BCUT2D eigenvalue weighted by Crippen LogP contribution is 2.29. The molecule has 0 bridgehead atoms. The first-order chi connectivity index (χ1) is 15.2. The number of aromatic nitrogens is 1. The van der Waals surface area contributed by atoms with Crippen LogP contribution < -0.4 is 9.41 Å². The molecule has 31 heavy (non-hydrogen) atoms. The molecule has 0 spiro atoms. The molecule has 1 aromatic heterocycles. The largest absolute Gasteiger partial charge is 0.436 e. The van der Waals surface area contributed by atoms with Crippen LogP contribution in [0.2, 0.25) is 0 Å². The Morgan fingerprint density at radius 1 is 0.774 bits per heavy atom. The van der Waals surface area contributed by atoms with Crippen LogP contribution in [0.1, 0.15) is 5.56 Å². The van der Waals surface area contributed by atoms with E-state index in [1.807, 2.05) is 54.6 Å². The molecule has 0 radical (unpaired) electrons. The Labute approximate surface area is 178 Å². The van der Waals surface area contributed by atoms with Gasteiger partial charge in [0.25, 0.3) is 5.69 Å². The first kappa shape index (κ1) is 18.7. The number of hydrogen-bond acceptors (Lipinski definition) is 4. The maximum Gasteiger partial charge on any atom is 0.400 e. The first-order valence-electron chi connectivity index (χ1n) is 9.85. The van der Waals surface area contributed by atoms with Gasteiger partial charge in [-0.15, -0.1) is 0 Å². The molecular weight excluding hydrogens is 390 g/mol. The van der Waals surface area contributed by atoms with E-state index in [9.17, 15) is 10.1 Å². The molecule has 1 aliphatic rings. The van der Waals surface area contributed by atoms with E-state index >= 15 is 0 Å². The molecule has 0 atom stereocenters. The van der Waals surface area contributed by atoms with E-state index in [0.717, 1.165) is 27.9 Å². The summed E-state index contributed by atoms with van der Waals surface area (Å²) in [6, 6.07) is 30.6. The van der Waals surface area contributed by atoms with E-state index in [2.05, 4.69) is 18.2 Å². The number of nitrogens with zero attached hydrogens (tertiary/aromatic N) is 3. The smallest absolute Gasteiger partial charge is 0.400 e. The van der Waals surface area contributed by atoms with Gasteiger partial charge in [0.05, 0.1) is 11.0 Å². The lowest BCUT2D eigenvalue weighted by molar-refractivity contribution is -0.676. The molecule has 0 unspecified atom stereocenters. The number of nitro groups is 1. The van der Waals surface area contributed by atoms with Crippen molar-refractivity contribution in [1.29, 1.82) is 0 Å². The number of hydrogen-bond donors (Lipinski definition) is 0. The molecule has 0 saturated heterocycles. The molecule has 6 nitrogen and oxygen atoms in total. The summed E-state index contributed by atoms with van der Waals surface area (Å²) in [5.74, 6) is 0.644. The van der Waals surface area contributed by atoms with Gasteiger partial charge >= 0.3 is 5.88 Å². The summed E-state index contributed by atoms with van der Waals surface area (Å²) in [6.45, 7) is 0.282. The van der Waals surface area contributed by atoms with Gasteiger partial charge in [-0.3, -0.25) is 10.1 Å². The Morgan fingerprint density at radius 3 is 2.06 bits per heavy atom. The van der Waals surface area contributed by atoms with Gasteiger partial charge in [-0.25, -0.2) is 0 Å². The minimum absolute atomic E-state index is 0.0478. The fraction of sp³-hybridized carbons (Fsp3) is 0.0400. The summed E-state index contributed by atoms with van der Waals surface area (Å²) in [5.41, 5.74) is 5.59. The van der Waals surface area contributed by atoms with Crippen LogP contribution in [0.5, 0.6) is 5.88 Å². The van der Waals surface area contributed by atoms with Crippen LogP contribution >= 0.6 is 0 Å². The van der Waals surface area contributed by atoms with Gasteiger partial charge in [0.15, 0.2) is 5.71 Å². The number of non-ortho nitro benzene ring substituents is 1. The highest BCUT2D eigenvalue weighted by molar-refractivity contribution is 6.01. The average molecular weight is 408 g/mol. The van der Waals surface area contributed by atoms with Crippen LogP contribution in [-0.4, -0.2) is 17.2 Å². The molecule has 4 aromatic rings. The second-order valence-electron chi connectivity index (χ2n) is 7.15. The maximum atomic E-state index is 10.9. The Balaban J connectivity index is 1.65. The van der Waals surface area contributed by atoms with Crippen molar-refractivity contribution in [2.24, 2.45) is 5.10 Å². The minimum Gasteiger partial charge on any atom is -0.436 e. The molecule has 0 N–H and O–H groups in total. The lowest BCUT2D eigenvalue weighted by Gasteiger charge is -2.14. The van der Waals surface area contributed by atoms with Gasteiger partial charge in [0.2, 0.25) is 5.69 Å². The van der Waals surface area contributed by atoms with Gasteiger partial charge in [-0.2, -0.15) is 0 Å². The molecule has 1 aliphatic heterocycles. The second kappa shape index (κ2) is 7.84. The van der Waals surface area contributed by atoms with E-state index in [1.165, 1.54) is 12.1 Å². The standard InChI is InChI=1S/C25H18N3O3/c29-28(30)22-13-11-19(12-14-22)23-17-31-25-16-21(18-7-3-1-4-8-18)15-24(27(25)26-23)20-9-5-2-6-10-20/h1-16H,17H2/q+1. The summed E-state index contributed by atoms with van der Waals surface area (Å²) in [7, 11) is 0. The molecule has 150 valence electrons. The third-order valence-corrected chi connectivity index (χ3v) is 5.17.